The summed E-state index contributed by atoms with van der Waals surface area (Å²) < 4.78 is 14.4. The number of rotatable bonds is 4. The number of halogens is 1. The molecule has 0 bridgehead atoms. The number of anilines is 1. The highest BCUT2D eigenvalue weighted by Crippen LogP contribution is 2.67. The molecule has 12 unspecified atom stereocenters. The van der Waals surface area contributed by atoms with Crippen LogP contribution in [0.4, 0.5) is 10.1 Å². The van der Waals surface area contributed by atoms with E-state index in [-0.39, 0.29) is 5.82 Å². The first-order chi connectivity index (χ1) is 25.2. The van der Waals surface area contributed by atoms with Crippen LogP contribution in [-0.2, 0) is 0 Å². The molecule has 4 heteroatoms. The largest absolute Gasteiger partial charge is 0.365 e. The van der Waals surface area contributed by atoms with Gasteiger partial charge in [0.05, 0.1) is 17.8 Å². The zero-order chi connectivity index (χ0) is 33.8. The van der Waals surface area contributed by atoms with Crippen molar-refractivity contribution in [3.05, 3.63) is 107 Å². The summed E-state index contributed by atoms with van der Waals surface area (Å²) in [7, 11) is 0. The molecule has 0 radical (unpaired) electrons. The van der Waals surface area contributed by atoms with E-state index in [2.05, 4.69) is 88.4 Å². The fourth-order valence-electron chi connectivity index (χ4n) is 14.5. The Morgan fingerprint density at radius 1 is 0.706 bits per heavy atom. The normalized spacial score (nSPS) is 40.4. The molecule has 6 fully saturated rings. The molecule has 51 heavy (non-hydrogen) atoms. The number of nitrogens with zero attached hydrogens (tertiary/aromatic N) is 3. The summed E-state index contributed by atoms with van der Waals surface area (Å²) in [6.07, 6.45) is 28.8. The van der Waals surface area contributed by atoms with Gasteiger partial charge in [0.2, 0.25) is 0 Å². The number of fused-ring (bicyclic) bond motifs is 11. The van der Waals surface area contributed by atoms with E-state index in [9.17, 15) is 4.39 Å². The van der Waals surface area contributed by atoms with Gasteiger partial charge in [-0.05, 0) is 147 Å². The van der Waals surface area contributed by atoms with Crippen LogP contribution in [0.25, 0.3) is 5.57 Å². The van der Waals surface area contributed by atoms with Crippen molar-refractivity contribution >= 4 is 11.3 Å². The maximum atomic E-state index is 14.4. The fourth-order valence-corrected chi connectivity index (χ4v) is 14.5. The molecule has 11 rings (SSSR count). The van der Waals surface area contributed by atoms with E-state index >= 15 is 0 Å². The predicted molar refractivity (Wildman–Crippen MR) is 205 cm³/mol. The van der Waals surface area contributed by atoms with E-state index in [1.807, 2.05) is 0 Å². The second-order valence-electron chi connectivity index (χ2n) is 18.2. The molecule has 0 aromatic heterocycles. The van der Waals surface area contributed by atoms with Gasteiger partial charge in [0.15, 0.2) is 0 Å². The zero-order valence-corrected chi connectivity index (χ0v) is 30.6. The zero-order valence-electron chi connectivity index (χ0n) is 30.6. The average molecular weight is 682 g/mol. The van der Waals surface area contributed by atoms with Gasteiger partial charge >= 0.3 is 0 Å². The maximum Gasteiger partial charge on any atom is 0.123 e. The molecule has 0 amide bonds. The third-order valence-corrected chi connectivity index (χ3v) is 16.1. The van der Waals surface area contributed by atoms with Crippen LogP contribution in [0.2, 0.25) is 0 Å². The van der Waals surface area contributed by atoms with Crippen molar-refractivity contribution in [3.63, 3.8) is 0 Å². The summed E-state index contributed by atoms with van der Waals surface area (Å²) in [5.74, 6) is 5.44. The molecule has 9 aliphatic rings. The number of benzene rings is 2. The fraction of sp³-hybridized carbons (Fsp3) is 0.574. The Hall–Kier alpha value is -3.27. The molecule has 3 heterocycles. The minimum absolute atomic E-state index is 0.139. The summed E-state index contributed by atoms with van der Waals surface area (Å²) in [6.45, 7) is 2.42. The van der Waals surface area contributed by atoms with Gasteiger partial charge in [-0.1, -0.05) is 75.1 Å². The summed E-state index contributed by atoms with van der Waals surface area (Å²) in [6, 6.07) is 21.8. The van der Waals surface area contributed by atoms with Crippen LogP contribution in [0.3, 0.4) is 0 Å². The average Bonchev–Trinajstić information content (AvgIpc) is 3.71. The molecule has 0 spiro atoms. The van der Waals surface area contributed by atoms with Crippen LogP contribution in [0.15, 0.2) is 96.0 Å². The number of hydrogen-bond donors (Lipinski definition) is 0. The first kappa shape index (κ1) is 31.3. The topological polar surface area (TPSA) is 9.72 Å². The minimum atomic E-state index is -0.139. The van der Waals surface area contributed by atoms with Gasteiger partial charge < -0.3 is 14.7 Å². The maximum absolute atomic E-state index is 14.4. The third kappa shape index (κ3) is 4.65. The number of allylic oxidation sites excluding steroid dienone is 7. The second kappa shape index (κ2) is 12.1. The molecular weight excluding hydrogens is 626 g/mol. The van der Waals surface area contributed by atoms with Crippen LogP contribution in [0.1, 0.15) is 102 Å². The molecule has 3 aliphatic heterocycles. The molecule has 6 aliphatic carbocycles. The Labute approximate surface area is 305 Å². The first-order valence-electron chi connectivity index (χ1n) is 21.1. The molecule has 2 saturated heterocycles. The van der Waals surface area contributed by atoms with E-state index in [1.165, 1.54) is 106 Å². The van der Waals surface area contributed by atoms with Crippen LogP contribution < -0.4 is 4.90 Å². The molecular formula is C47H56FN3. The molecule has 4 saturated carbocycles. The Kier molecular flexibility index (Phi) is 7.44. The smallest absolute Gasteiger partial charge is 0.123 e. The Balaban J connectivity index is 1.00. The van der Waals surface area contributed by atoms with E-state index in [4.69, 9.17) is 0 Å². The van der Waals surface area contributed by atoms with Gasteiger partial charge in [-0.25, -0.2) is 4.39 Å². The molecule has 3 nitrogen and oxygen atoms in total. The standard InChI is InChI=1S/C47H56FN3/c1-29-27-31(30-11-3-2-4-12-30)19-25-39(29)49(33-22-20-32(48)21-23-33)34-24-26-41-38(28-34)45-36-14-6-5-13-35(36)44-37-15-7-8-16-40(37)50-42-17-9-10-18-43(42)51(41)47(45)46(44)50/h2-4,9,11-12,17,19-23,25,29,34-38,40-41,44-47H,5-8,10,13-16,18,24,26-28H2,1H3. The van der Waals surface area contributed by atoms with Gasteiger partial charge in [-0.2, -0.15) is 0 Å². The van der Waals surface area contributed by atoms with Gasteiger partial charge in [0, 0.05) is 41.1 Å². The number of hydrogen-bond acceptors (Lipinski definition) is 3. The van der Waals surface area contributed by atoms with E-state index < -0.39 is 0 Å². The first-order valence-corrected chi connectivity index (χ1v) is 21.1. The second-order valence-corrected chi connectivity index (χ2v) is 18.2. The molecule has 0 N–H and O–H groups in total. The van der Waals surface area contributed by atoms with Gasteiger partial charge in [0.25, 0.3) is 0 Å². The summed E-state index contributed by atoms with van der Waals surface area (Å²) in [5.41, 5.74) is 8.76. The Morgan fingerprint density at radius 3 is 2.20 bits per heavy atom. The van der Waals surface area contributed by atoms with Gasteiger partial charge in [0.1, 0.15) is 5.82 Å². The van der Waals surface area contributed by atoms with Crippen LogP contribution in [0.5, 0.6) is 0 Å². The van der Waals surface area contributed by atoms with Crippen molar-refractivity contribution < 1.29 is 4.39 Å². The molecule has 12 atom stereocenters. The lowest BCUT2D eigenvalue weighted by atomic mass is 9.53. The summed E-state index contributed by atoms with van der Waals surface area (Å²) >= 11 is 0. The Morgan fingerprint density at radius 2 is 1.41 bits per heavy atom. The third-order valence-electron chi connectivity index (χ3n) is 16.1. The van der Waals surface area contributed by atoms with E-state index in [0.717, 1.165) is 54.0 Å². The van der Waals surface area contributed by atoms with Crippen LogP contribution in [0, 0.1) is 47.2 Å². The predicted octanol–water partition coefficient (Wildman–Crippen LogP) is 10.7. The van der Waals surface area contributed by atoms with Gasteiger partial charge in [-0.15, -0.1) is 0 Å². The van der Waals surface area contributed by atoms with Crippen molar-refractivity contribution in [2.75, 3.05) is 4.90 Å². The lowest BCUT2D eigenvalue weighted by molar-refractivity contribution is -0.0431. The van der Waals surface area contributed by atoms with Crippen molar-refractivity contribution in [3.8, 4) is 0 Å². The van der Waals surface area contributed by atoms with E-state index in [0.29, 0.717) is 24.0 Å². The molecule has 266 valence electrons. The molecule has 2 aromatic rings. The monoisotopic (exact) mass is 681 g/mol. The quantitative estimate of drug-likeness (QED) is 0.318. The summed E-state index contributed by atoms with van der Waals surface area (Å²) in [4.78, 5) is 9.01. The SMILES string of the molecule is CC1CC(c2ccccc2)=CC=C1N(c1ccc(F)cc1)C1CCC2C(C1)C1C3CCCCC3C3C4CCCCC4N4C5=C(CCC=C5)N2C1C34. The van der Waals surface area contributed by atoms with Gasteiger partial charge in [-0.3, -0.25) is 0 Å². The summed E-state index contributed by atoms with van der Waals surface area (Å²) in [5, 5.41) is 0. The lowest BCUT2D eigenvalue weighted by Gasteiger charge is -2.58. The van der Waals surface area contributed by atoms with Crippen LogP contribution >= 0.6 is 0 Å². The lowest BCUT2D eigenvalue weighted by Crippen LogP contribution is -2.62. The highest BCUT2D eigenvalue weighted by Gasteiger charge is 2.69. The van der Waals surface area contributed by atoms with Crippen molar-refractivity contribution in [2.24, 2.45) is 41.4 Å². The van der Waals surface area contributed by atoms with Crippen LogP contribution in [-0.4, -0.2) is 40.0 Å². The minimum Gasteiger partial charge on any atom is -0.365 e. The highest BCUT2D eigenvalue weighted by atomic mass is 19.1. The van der Waals surface area contributed by atoms with Crippen molar-refractivity contribution in [2.45, 2.75) is 127 Å². The van der Waals surface area contributed by atoms with E-state index in [1.54, 1.807) is 23.5 Å². The Bertz CT molecular complexity index is 1790. The highest BCUT2D eigenvalue weighted by molar-refractivity contribution is 5.70. The van der Waals surface area contributed by atoms with Crippen molar-refractivity contribution in [1.82, 2.24) is 9.80 Å². The molecule has 2 aromatic carbocycles. The van der Waals surface area contributed by atoms with Crippen molar-refractivity contribution in [1.29, 1.82) is 0 Å².